The molecule has 0 amide bonds. The Kier molecular flexibility index (Phi) is 3.84. The lowest BCUT2D eigenvalue weighted by Gasteiger charge is -2.32. The van der Waals surface area contributed by atoms with Crippen molar-refractivity contribution in [3.8, 4) is 0 Å². The largest absolute Gasteiger partial charge is 0.360 e. The Labute approximate surface area is 98.4 Å². The van der Waals surface area contributed by atoms with Gasteiger partial charge in [0, 0.05) is 19.6 Å². The molecule has 0 unspecified atom stereocenters. The van der Waals surface area contributed by atoms with Gasteiger partial charge in [-0.3, -0.25) is 0 Å². The minimum Gasteiger partial charge on any atom is -0.360 e. The van der Waals surface area contributed by atoms with Gasteiger partial charge in [0.1, 0.15) is 0 Å². The molecule has 0 saturated heterocycles. The zero-order valence-electron chi connectivity index (χ0n) is 9.67. The summed E-state index contributed by atoms with van der Waals surface area (Å²) in [6.45, 7) is 1.15. The number of rotatable bonds is 3. The third kappa shape index (κ3) is 3.07. The second-order valence-electron chi connectivity index (χ2n) is 5.11. The number of nitrogens with one attached hydrogen (secondary N) is 1. The summed E-state index contributed by atoms with van der Waals surface area (Å²) in [5.41, 5.74) is 0. The predicted molar refractivity (Wildman–Crippen MR) is 68.0 cm³/mol. The highest BCUT2D eigenvalue weighted by Gasteiger charge is 2.21. The number of nitrogens with zero attached hydrogens (tertiary/aromatic N) is 1. The zero-order chi connectivity index (χ0) is 10.7. The Morgan fingerprint density at radius 2 is 1.87 bits per heavy atom. The van der Waals surface area contributed by atoms with Crippen molar-refractivity contribution >= 4 is 17.3 Å². The molecule has 2 fully saturated rings. The van der Waals surface area contributed by atoms with E-state index >= 15 is 0 Å². The second kappa shape index (κ2) is 5.15. The topological polar surface area (TPSA) is 15.3 Å². The Morgan fingerprint density at radius 1 is 1.20 bits per heavy atom. The van der Waals surface area contributed by atoms with Gasteiger partial charge >= 0.3 is 0 Å². The highest BCUT2D eigenvalue weighted by Crippen LogP contribution is 2.26. The first-order valence-corrected chi connectivity index (χ1v) is 6.68. The Balaban J connectivity index is 1.68. The van der Waals surface area contributed by atoms with Crippen molar-refractivity contribution in [2.75, 3.05) is 13.6 Å². The summed E-state index contributed by atoms with van der Waals surface area (Å²) in [6, 6.07) is 0.654. The molecule has 0 spiro atoms. The van der Waals surface area contributed by atoms with Crippen LogP contribution in [-0.2, 0) is 0 Å². The maximum Gasteiger partial charge on any atom is 0.168 e. The quantitative estimate of drug-likeness (QED) is 0.745. The third-order valence-corrected chi connectivity index (χ3v) is 4.22. The molecule has 15 heavy (non-hydrogen) atoms. The number of thiocarbonyl (C=S) groups is 1. The van der Waals surface area contributed by atoms with Crippen LogP contribution in [0.15, 0.2) is 0 Å². The molecule has 0 aliphatic heterocycles. The van der Waals surface area contributed by atoms with Gasteiger partial charge in [-0.1, -0.05) is 19.3 Å². The van der Waals surface area contributed by atoms with Crippen molar-refractivity contribution < 1.29 is 0 Å². The predicted octanol–water partition coefficient (Wildman–Crippen LogP) is 2.54. The van der Waals surface area contributed by atoms with Crippen LogP contribution in [0.5, 0.6) is 0 Å². The first-order chi connectivity index (χ1) is 7.25. The van der Waals surface area contributed by atoms with Gasteiger partial charge in [-0.25, -0.2) is 0 Å². The van der Waals surface area contributed by atoms with Gasteiger partial charge in [-0.2, -0.15) is 0 Å². The molecule has 2 saturated carbocycles. The summed E-state index contributed by atoms with van der Waals surface area (Å²) < 4.78 is 0. The number of hydrogen-bond acceptors (Lipinski definition) is 1. The molecule has 0 aromatic heterocycles. The van der Waals surface area contributed by atoms with Crippen LogP contribution >= 0.6 is 12.2 Å². The van der Waals surface area contributed by atoms with Gasteiger partial charge in [0.05, 0.1) is 0 Å². The molecule has 1 N–H and O–H groups in total. The Morgan fingerprint density at radius 3 is 2.40 bits per heavy atom. The highest BCUT2D eigenvalue weighted by atomic mass is 32.1. The summed E-state index contributed by atoms with van der Waals surface area (Å²) >= 11 is 5.42. The van der Waals surface area contributed by atoms with Crippen molar-refractivity contribution in [1.82, 2.24) is 10.2 Å². The minimum absolute atomic E-state index is 0.654. The smallest absolute Gasteiger partial charge is 0.168 e. The van der Waals surface area contributed by atoms with Crippen LogP contribution in [0.1, 0.15) is 44.9 Å². The van der Waals surface area contributed by atoms with Crippen LogP contribution in [-0.4, -0.2) is 29.6 Å². The molecule has 0 radical (unpaired) electrons. The van der Waals surface area contributed by atoms with E-state index in [1.54, 1.807) is 0 Å². The first kappa shape index (κ1) is 11.2. The van der Waals surface area contributed by atoms with E-state index in [-0.39, 0.29) is 0 Å². The monoisotopic (exact) mass is 226 g/mol. The molecule has 2 aliphatic rings. The summed E-state index contributed by atoms with van der Waals surface area (Å²) in [7, 11) is 2.13. The molecule has 2 aliphatic carbocycles. The molecule has 0 aromatic carbocycles. The van der Waals surface area contributed by atoms with Crippen LogP contribution in [0.3, 0.4) is 0 Å². The van der Waals surface area contributed by atoms with Crippen LogP contribution in [0, 0.1) is 5.92 Å². The van der Waals surface area contributed by atoms with E-state index in [1.807, 2.05) is 0 Å². The van der Waals surface area contributed by atoms with Gasteiger partial charge in [-0.15, -0.1) is 0 Å². The summed E-state index contributed by atoms with van der Waals surface area (Å²) in [5, 5.41) is 4.46. The maximum absolute atomic E-state index is 5.42. The molecule has 0 heterocycles. The fourth-order valence-corrected chi connectivity index (χ4v) is 2.74. The second-order valence-corrected chi connectivity index (χ2v) is 5.50. The average molecular weight is 226 g/mol. The van der Waals surface area contributed by atoms with E-state index in [4.69, 9.17) is 12.2 Å². The standard InChI is InChI=1S/C12H22N2S/c1-14(9-10-5-4-6-10)12(15)13-11-7-2-3-8-11/h10-11H,2-9H2,1H3,(H,13,15). The van der Waals surface area contributed by atoms with E-state index in [9.17, 15) is 0 Å². The highest BCUT2D eigenvalue weighted by molar-refractivity contribution is 7.80. The van der Waals surface area contributed by atoms with Crippen LogP contribution < -0.4 is 5.32 Å². The molecule has 0 bridgehead atoms. The van der Waals surface area contributed by atoms with Crippen molar-refractivity contribution in [3.05, 3.63) is 0 Å². The van der Waals surface area contributed by atoms with E-state index < -0.39 is 0 Å². The van der Waals surface area contributed by atoms with E-state index in [2.05, 4.69) is 17.3 Å². The lowest BCUT2D eigenvalue weighted by atomic mass is 9.85. The molecule has 0 atom stereocenters. The van der Waals surface area contributed by atoms with E-state index in [1.165, 1.54) is 44.9 Å². The van der Waals surface area contributed by atoms with Crippen LogP contribution in [0.2, 0.25) is 0 Å². The van der Waals surface area contributed by atoms with Gasteiger partial charge in [0.15, 0.2) is 5.11 Å². The lowest BCUT2D eigenvalue weighted by Crippen LogP contribution is -2.44. The van der Waals surface area contributed by atoms with Crippen molar-refractivity contribution in [2.24, 2.45) is 5.92 Å². The SMILES string of the molecule is CN(CC1CCC1)C(=S)NC1CCCC1. The summed E-state index contributed by atoms with van der Waals surface area (Å²) in [6.07, 6.45) is 9.56. The van der Waals surface area contributed by atoms with Crippen molar-refractivity contribution in [1.29, 1.82) is 0 Å². The Hall–Kier alpha value is -0.310. The van der Waals surface area contributed by atoms with Crippen molar-refractivity contribution in [3.63, 3.8) is 0 Å². The fourth-order valence-electron chi connectivity index (χ4n) is 2.50. The van der Waals surface area contributed by atoms with Gasteiger partial charge < -0.3 is 10.2 Å². The maximum atomic E-state index is 5.42. The molecule has 0 aromatic rings. The minimum atomic E-state index is 0.654. The molecule has 2 rings (SSSR count). The zero-order valence-corrected chi connectivity index (χ0v) is 10.5. The van der Waals surface area contributed by atoms with Gasteiger partial charge in [0.2, 0.25) is 0 Å². The number of hydrogen-bond donors (Lipinski definition) is 1. The van der Waals surface area contributed by atoms with Gasteiger partial charge in [-0.05, 0) is 43.8 Å². The van der Waals surface area contributed by atoms with Crippen LogP contribution in [0.4, 0.5) is 0 Å². The lowest BCUT2D eigenvalue weighted by molar-refractivity contribution is 0.256. The first-order valence-electron chi connectivity index (χ1n) is 6.27. The van der Waals surface area contributed by atoms with Crippen molar-refractivity contribution in [2.45, 2.75) is 51.0 Å². The van der Waals surface area contributed by atoms with E-state index in [0.29, 0.717) is 6.04 Å². The average Bonchev–Trinajstić information content (AvgIpc) is 2.63. The van der Waals surface area contributed by atoms with Crippen LogP contribution in [0.25, 0.3) is 0 Å². The molecule has 2 nitrogen and oxygen atoms in total. The third-order valence-electron chi connectivity index (χ3n) is 3.79. The van der Waals surface area contributed by atoms with E-state index in [0.717, 1.165) is 17.6 Å². The molecular formula is C12H22N2S. The molecule has 86 valence electrons. The van der Waals surface area contributed by atoms with Gasteiger partial charge in [0.25, 0.3) is 0 Å². The molecule has 3 heteroatoms. The summed E-state index contributed by atoms with van der Waals surface area (Å²) in [5.74, 6) is 0.901. The normalized spacial score (nSPS) is 22.5. The Bertz CT molecular complexity index is 220. The molecular weight excluding hydrogens is 204 g/mol. The fraction of sp³-hybridized carbons (Fsp3) is 0.917. The summed E-state index contributed by atoms with van der Waals surface area (Å²) in [4.78, 5) is 2.23.